The molecule has 3 aromatic rings. The normalized spacial score (nSPS) is 31.2. The monoisotopic (exact) mass is 487 g/mol. The van der Waals surface area contributed by atoms with Crippen molar-refractivity contribution in [3.8, 4) is 0 Å². The molecule has 6 aliphatic rings. The fourth-order valence-corrected chi connectivity index (χ4v) is 7.10. The Morgan fingerprint density at radius 1 is 0.486 bits per heavy atom. The Labute approximate surface area is 214 Å². The van der Waals surface area contributed by atoms with Gasteiger partial charge < -0.3 is 14.2 Å². The number of fused-ring (bicyclic) bond motifs is 9. The number of benzene rings is 3. The van der Waals surface area contributed by atoms with E-state index in [0.717, 1.165) is 19.3 Å². The van der Waals surface area contributed by atoms with E-state index in [2.05, 4.69) is 72.8 Å². The third kappa shape index (κ3) is 2.84. The zero-order valence-electron chi connectivity index (χ0n) is 20.2. The lowest BCUT2D eigenvalue weighted by Crippen LogP contribution is -2.35. The lowest BCUT2D eigenvalue weighted by molar-refractivity contribution is 0.175. The van der Waals surface area contributed by atoms with Gasteiger partial charge in [0.05, 0.1) is 0 Å². The van der Waals surface area contributed by atoms with E-state index in [-0.39, 0.29) is 36.4 Å². The van der Waals surface area contributed by atoms with Crippen molar-refractivity contribution >= 4 is 17.7 Å². The third-order valence-corrected chi connectivity index (χ3v) is 8.80. The van der Waals surface area contributed by atoms with Gasteiger partial charge in [-0.3, -0.25) is 0 Å². The lowest BCUT2D eigenvalue weighted by Gasteiger charge is -2.20. The van der Waals surface area contributed by atoms with Crippen molar-refractivity contribution in [2.24, 2.45) is 20.9 Å². The van der Waals surface area contributed by atoms with E-state index in [1.165, 1.54) is 33.4 Å². The van der Waals surface area contributed by atoms with E-state index in [9.17, 15) is 0 Å². The highest BCUT2D eigenvalue weighted by atomic mass is 16.5. The number of nitrogens with zero attached hydrogens (tertiary/aromatic N) is 3. The zero-order valence-corrected chi connectivity index (χ0v) is 20.2. The van der Waals surface area contributed by atoms with E-state index >= 15 is 0 Å². The Kier molecular flexibility index (Phi) is 3.98. The Bertz CT molecular complexity index is 1370. The molecule has 0 saturated carbocycles. The quantitative estimate of drug-likeness (QED) is 0.529. The molecule has 0 amide bonds. The summed E-state index contributed by atoms with van der Waals surface area (Å²) in [6.45, 7) is 0. The molecule has 0 radical (unpaired) electrons. The van der Waals surface area contributed by atoms with Crippen molar-refractivity contribution in [2.45, 2.75) is 55.7 Å². The van der Waals surface area contributed by atoms with Crippen molar-refractivity contribution in [3.05, 3.63) is 106 Å². The highest BCUT2D eigenvalue weighted by Crippen LogP contribution is 2.46. The maximum absolute atomic E-state index is 6.57. The van der Waals surface area contributed by atoms with E-state index in [1.807, 2.05) is 0 Å². The summed E-state index contributed by atoms with van der Waals surface area (Å²) >= 11 is 0. The summed E-state index contributed by atoms with van der Waals surface area (Å²) < 4.78 is 19.7. The summed E-state index contributed by atoms with van der Waals surface area (Å²) in [5.74, 6) is 1.43. The maximum atomic E-state index is 6.57. The van der Waals surface area contributed by atoms with Gasteiger partial charge in [0.15, 0.2) is 5.92 Å². The van der Waals surface area contributed by atoms with Gasteiger partial charge in [-0.05, 0) is 33.4 Å². The summed E-state index contributed by atoms with van der Waals surface area (Å²) in [7, 11) is 0. The Hall–Kier alpha value is -3.93. The van der Waals surface area contributed by atoms with Crippen LogP contribution in [-0.4, -0.2) is 36.0 Å². The van der Waals surface area contributed by atoms with Crippen molar-refractivity contribution in [2.75, 3.05) is 0 Å². The highest BCUT2D eigenvalue weighted by Gasteiger charge is 2.51. The second-order valence-electron chi connectivity index (χ2n) is 10.8. The van der Waals surface area contributed by atoms with Gasteiger partial charge in [0.2, 0.25) is 17.7 Å². The predicted molar refractivity (Wildman–Crippen MR) is 139 cm³/mol. The van der Waals surface area contributed by atoms with Gasteiger partial charge in [0.1, 0.15) is 36.4 Å². The molecule has 6 atom stereocenters. The van der Waals surface area contributed by atoms with Crippen LogP contribution in [0.15, 0.2) is 87.8 Å². The van der Waals surface area contributed by atoms with Gasteiger partial charge in [0, 0.05) is 19.3 Å². The van der Waals surface area contributed by atoms with E-state index in [0.29, 0.717) is 17.7 Å². The first-order chi connectivity index (χ1) is 18.3. The molecule has 0 saturated heterocycles. The van der Waals surface area contributed by atoms with Crippen molar-refractivity contribution in [1.82, 2.24) is 0 Å². The van der Waals surface area contributed by atoms with Crippen LogP contribution in [0.25, 0.3) is 0 Å². The first-order valence-corrected chi connectivity index (χ1v) is 13.3. The van der Waals surface area contributed by atoms with Crippen LogP contribution in [0.2, 0.25) is 0 Å². The van der Waals surface area contributed by atoms with E-state index in [1.54, 1.807) is 0 Å². The van der Waals surface area contributed by atoms with Gasteiger partial charge in [-0.25, -0.2) is 15.0 Å². The predicted octanol–water partition coefficient (Wildman–Crippen LogP) is 4.89. The topological polar surface area (TPSA) is 64.8 Å². The summed E-state index contributed by atoms with van der Waals surface area (Å²) in [5, 5.41) is 0. The number of aliphatic imine (C=N–C) groups is 3. The van der Waals surface area contributed by atoms with Crippen LogP contribution >= 0.6 is 0 Å². The van der Waals surface area contributed by atoms with Crippen molar-refractivity contribution in [1.29, 1.82) is 0 Å². The second-order valence-corrected chi connectivity index (χ2v) is 10.8. The molecule has 0 spiro atoms. The molecule has 3 heterocycles. The fraction of sp³-hybridized carbons (Fsp3) is 0.323. The summed E-state index contributed by atoms with van der Waals surface area (Å²) in [5.41, 5.74) is 7.71. The second kappa shape index (κ2) is 7.31. The molecule has 0 N–H and O–H groups in total. The van der Waals surface area contributed by atoms with Crippen molar-refractivity contribution < 1.29 is 14.2 Å². The summed E-state index contributed by atoms with van der Waals surface area (Å²) in [4.78, 5) is 15.4. The number of hydrogen-bond acceptors (Lipinski definition) is 6. The van der Waals surface area contributed by atoms with Crippen LogP contribution in [0, 0.1) is 5.92 Å². The van der Waals surface area contributed by atoms with Gasteiger partial charge in [0.25, 0.3) is 0 Å². The highest BCUT2D eigenvalue weighted by molar-refractivity contribution is 6.18. The molecule has 3 aliphatic carbocycles. The molecule has 6 nitrogen and oxygen atoms in total. The fourth-order valence-electron chi connectivity index (χ4n) is 7.10. The van der Waals surface area contributed by atoms with E-state index in [4.69, 9.17) is 29.2 Å². The Balaban J connectivity index is 1.12. The third-order valence-electron chi connectivity index (χ3n) is 8.80. The Morgan fingerprint density at radius 2 is 0.811 bits per heavy atom. The van der Waals surface area contributed by atoms with Gasteiger partial charge in [-0.15, -0.1) is 0 Å². The standard InChI is InChI=1S/C31H25N3O3/c1-4-10-19-16(7-1)13-22-26(19)32-29(35-22)25(30-33-27-20-11-5-2-8-17(20)14-23(27)36-30)31-34-28-21-12-6-3-9-18(21)15-24(28)37-31/h1-12,22-28H,13-15H2/t22-,23-,24-,26+,27+,28+/m1/s1. The van der Waals surface area contributed by atoms with Crippen molar-refractivity contribution in [3.63, 3.8) is 0 Å². The number of hydrogen-bond donors (Lipinski definition) is 0. The summed E-state index contributed by atoms with van der Waals surface area (Å²) in [6, 6.07) is 25.5. The van der Waals surface area contributed by atoms with Crippen LogP contribution < -0.4 is 0 Å². The molecular weight excluding hydrogens is 462 g/mol. The lowest BCUT2D eigenvalue weighted by atomic mass is 10.1. The largest absolute Gasteiger partial charge is 0.474 e. The van der Waals surface area contributed by atoms with Gasteiger partial charge in [-0.2, -0.15) is 0 Å². The van der Waals surface area contributed by atoms with Crippen LogP contribution in [0.3, 0.4) is 0 Å². The van der Waals surface area contributed by atoms with Crippen LogP contribution in [-0.2, 0) is 33.5 Å². The summed E-state index contributed by atoms with van der Waals surface area (Å²) in [6.07, 6.45) is 2.58. The molecular formula is C31H25N3O3. The molecule has 0 aromatic heterocycles. The molecule has 0 unspecified atom stereocenters. The number of ether oxygens (including phenoxy) is 3. The minimum Gasteiger partial charge on any atom is -0.474 e. The average Bonchev–Trinajstić information content (AvgIpc) is 3.73. The minimum atomic E-state index is -0.451. The van der Waals surface area contributed by atoms with Crippen LogP contribution in [0.4, 0.5) is 0 Å². The molecule has 37 heavy (non-hydrogen) atoms. The van der Waals surface area contributed by atoms with Gasteiger partial charge >= 0.3 is 0 Å². The first kappa shape index (κ1) is 20.2. The average molecular weight is 488 g/mol. The van der Waals surface area contributed by atoms with Gasteiger partial charge in [-0.1, -0.05) is 72.8 Å². The Morgan fingerprint density at radius 3 is 1.16 bits per heavy atom. The molecule has 182 valence electrons. The molecule has 0 bridgehead atoms. The zero-order chi connectivity index (χ0) is 24.1. The SMILES string of the molecule is c1ccc2c(c1)C[C@H]1OC(C(C3=N[C@H]4c5ccccc5C[C@H]4O3)C3=N[C@H]4c5ccccc5C[C@H]4O3)=N[C@@H]21. The molecule has 9 rings (SSSR count). The first-order valence-electron chi connectivity index (χ1n) is 13.3. The molecule has 3 aliphatic heterocycles. The number of rotatable bonds is 3. The smallest absolute Gasteiger partial charge is 0.206 e. The van der Waals surface area contributed by atoms with Crippen LogP contribution in [0.1, 0.15) is 51.5 Å². The van der Waals surface area contributed by atoms with Crippen LogP contribution in [0.5, 0.6) is 0 Å². The maximum Gasteiger partial charge on any atom is 0.206 e. The van der Waals surface area contributed by atoms with E-state index < -0.39 is 5.92 Å². The minimum absolute atomic E-state index is 0.000595. The molecule has 6 heteroatoms. The molecule has 3 aromatic carbocycles. The molecule has 0 fully saturated rings.